The van der Waals surface area contributed by atoms with Crippen LogP contribution in [0.5, 0.6) is 0 Å². The molecule has 1 aliphatic heterocycles. The van der Waals surface area contributed by atoms with Crippen LogP contribution in [0.3, 0.4) is 0 Å². The average molecular weight is 260 g/mol. The Balaban J connectivity index is 2.25. The lowest BCUT2D eigenvalue weighted by atomic mass is 10.1. The Morgan fingerprint density at radius 3 is 3.00 bits per heavy atom. The molecule has 1 fully saturated rings. The van der Waals surface area contributed by atoms with Gasteiger partial charge >= 0.3 is 0 Å². The predicted molar refractivity (Wildman–Crippen MR) is 72.4 cm³/mol. The third-order valence-electron chi connectivity index (χ3n) is 2.88. The van der Waals surface area contributed by atoms with Crippen LogP contribution in [0, 0.1) is 5.92 Å². The highest BCUT2D eigenvalue weighted by Crippen LogP contribution is 2.11. The van der Waals surface area contributed by atoms with Gasteiger partial charge in [-0.2, -0.15) is 11.8 Å². The van der Waals surface area contributed by atoms with E-state index < -0.39 is 0 Å². The Hall–Kier alpha value is -0.260. The molecule has 0 aliphatic carbocycles. The fourth-order valence-corrected chi connectivity index (χ4v) is 2.97. The van der Waals surface area contributed by atoms with Crippen LogP contribution in [-0.4, -0.2) is 62.2 Å². The van der Waals surface area contributed by atoms with Crippen LogP contribution in [0.1, 0.15) is 13.3 Å². The monoisotopic (exact) mass is 260 g/mol. The predicted octanol–water partition coefficient (Wildman–Crippen LogP) is 0.822. The Labute approximate surface area is 108 Å². The van der Waals surface area contributed by atoms with Gasteiger partial charge in [0, 0.05) is 51.2 Å². The molecule has 0 unspecified atom stereocenters. The number of carbonyl (C=O) groups is 1. The van der Waals surface area contributed by atoms with Gasteiger partial charge in [0.1, 0.15) is 0 Å². The minimum Gasteiger partial charge on any atom is -0.384 e. The number of amides is 1. The fraction of sp³-hybridized carbons (Fsp3) is 0.917. The summed E-state index contributed by atoms with van der Waals surface area (Å²) in [5, 5.41) is 3.39. The zero-order chi connectivity index (χ0) is 12.7. The number of hydrogen-bond acceptors (Lipinski definition) is 4. The summed E-state index contributed by atoms with van der Waals surface area (Å²) in [6, 6.07) is 0.349. The van der Waals surface area contributed by atoms with Crippen molar-refractivity contribution in [1.29, 1.82) is 0 Å². The Bertz CT molecular complexity index is 233. The van der Waals surface area contributed by atoms with E-state index in [0.29, 0.717) is 25.0 Å². The summed E-state index contributed by atoms with van der Waals surface area (Å²) in [7, 11) is 3.58. The first-order valence-electron chi connectivity index (χ1n) is 6.17. The van der Waals surface area contributed by atoms with Gasteiger partial charge in [0.2, 0.25) is 5.91 Å². The number of hydrogen-bond donors (Lipinski definition) is 1. The van der Waals surface area contributed by atoms with Crippen molar-refractivity contribution < 1.29 is 9.53 Å². The molecule has 1 saturated heterocycles. The second-order valence-corrected chi connectivity index (χ2v) is 5.91. The van der Waals surface area contributed by atoms with Crippen LogP contribution < -0.4 is 5.32 Å². The summed E-state index contributed by atoms with van der Waals surface area (Å²) < 4.78 is 5.08. The molecule has 1 amide bonds. The summed E-state index contributed by atoms with van der Waals surface area (Å²) in [6.07, 6.45) is 0.614. The molecular formula is C12H24N2O2S. The summed E-state index contributed by atoms with van der Waals surface area (Å²) in [5.41, 5.74) is 0. The quantitative estimate of drug-likeness (QED) is 0.768. The first kappa shape index (κ1) is 14.8. The molecular weight excluding hydrogens is 236 g/mol. The van der Waals surface area contributed by atoms with E-state index in [-0.39, 0.29) is 5.91 Å². The lowest BCUT2D eigenvalue weighted by Gasteiger charge is -2.26. The highest BCUT2D eigenvalue weighted by atomic mass is 32.2. The zero-order valence-corrected chi connectivity index (χ0v) is 11.9. The number of ether oxygens (including phenoxy) is 1. The van der Waals surface area contributed by atoms with Crippen molar-refractivity contribution >= 4 is 17.7 Å². The molecule has 0 aromatic heterocycles. The number of thioether (sulfide) groups is 1. The van der Waals surface area contributed by atoms with Crippen molar-refractivity contribution in [2.24, 2.45) is 5.92 Å². The van der Waals surface area contributed by atoms with Gasteiger partial charge in [0.05, 0.1) is 6.61 Å². The SMILES string of the molecule is COC[C@@H](C)CN(C)C(=O)C[C@@H]1CSCCN1. The maximum atomic E-state index is 12.0. The lowest BCUT2D eigenvalue weighted by molar-refractivity contribution is -0.131. The maximum absolute atomic E-state index is 12.0. The largest absolute Gasteiger partial charge is 0.384 e. The maximum Gasteiger partial charge on any atom is 0.223 e. The van der Waals surface area contributed by atoms with Crippen molar-refractivity contribution in [1.82, 2.24) is 10.2 Å². The second kappa shape index (κ2) is 7.95. The molecule has 0 spiro atoms. The van der Waals surface area contributed by atoms with Gasteiger partial charge in [-0.25, -0.2) is 0 Å². The molecule has 1 N–H and O–H groups in total. The molecule has 4 nitrogen and oxygen atoms in total. The second-order valence-electron chi connectivity index (χ2n) is 4.76. The van der Waals surface area contributed by atoms with Crippen molar-refractivity contribution in [2.75, 3.05) is 45.4 Å². The highest BCUT2D eigenvalue weighted by molar-refractivity contribution is 7.99. The van der Waals surface area contributed by atoms with E-state index in [0.717, 1.165) is 24.6 Å². The summed E-state index contributed by atoms with van der Waals surface area (Å²) in [6.45, 7) is 4.59. The first-order chi connectivity index (χ1) is 8.13. The van der Waals surface area contributed by atoms with Crippen molar-refractivity contribution in [3.63, 3.8) is 0 Å². The van der Waals surface area contributed by atoms with Crippen LogP contribution in [0.4, 0.5) is 0 Å². The number of methoxy groups -OCH3 is 1. The van der Waals surface area contributed by atoms with Crippen LogP contribution in [-0.2, 0) is 9.53 Å². The van der Waals surface area contributed by atoms with Crippen molar-refractivity contribution in [3.8, 4) is 0 Å². The van der Waals surface area contributed by atoms with Gasteiger partial charge in [-0.1, -0.05) is 6.92 Å². The third kappa shape index (κ3) is 5.75. The van der Waals surface area contributed by atoms with Gasteiger partial charge < -0.3 is 15.0 Å². The van der Waals surface area contributed by atoms with E-state index in [4.69, 9.17) is 4.74 Å². The summed E-state index contributed by atoms with van der Waals surface area (Å²) >= 11 is 1.93. The first-order valence-corrected chi connectivity index (χ1v) is 7.33. The molecule has 1 rings (SSSR count). The van der Waals surface area contributed by atoms with Crippen LogP contribution >= 0.6 is 11.8 Å². The summed E-state index contributed by atoms with van der Waals surface area (Å²) in [5.74, 6) is 2.83. The number of carbonyl (C=O) groups excluding carboxylic acids is 1. The van der Waals surface area contributed by atoms with Gasteiger partial charge in [0.25, 0.3) is 0 Å². The molecule has 17 heavy (non-hydrogen) atoms. The molecule has 100 valence electrons. The molecule has 1 aliphatic rings. The molecule has 0 saturated carbocycles. The van der Waals surface area contributed by atoms with Crippen LogP contribution in [0.2, 0.25) is 0 Å². The molecule has 0 aromatic rings. The number of rotatable bonds is 6. The van der Waals surface area contributed by atoms with Crippen molar-refractivity contribution in [3.05, 3.63) is 0 Å². The minimum absolute atomic E-state index is 0.230. The topological polar surface area (TPSA) is 41.6 Å². The molecule has 0 radical (unpaired) electrons. The Kier molecular flexibility index (Phi) is 6.92. The van der Waals surface area contributed by atoms with E-state index in [1.54, 1.807) is 7.11 Å². The number of nitrogens with one attached hydrogen (secondary N) is 1. The Morgan fingerprint density at radius 2 is 2.41 bits per heavy atom. The molecule has 0 aromatic carbocycles. The smallest absolute Gasteiger partial charge is 0.223 e. The standard InChI is InChI=1S/C12H24N2O2S/c1-10(8-16-3)7-14(2)12(15)6-11-9-17-5-4-13-11/h10-11,13H,4-9H2,1-3H3/t10-,11+/m0/s1. The Morgan fingerprint density at radius 1 is 1.65 bits per heavy atom. The van der Waals surface area contributed by atoms with E-state index in [1.165, 1.54) is 0 Å². The van der Waals surface area contributed by atoms with Gasteiger partial charge in [-0.05, 0) is 5.92 Å². The average Bonchev–Trinajstić information content (AvgIpc) is 2.30. The zero-order valence-electron chi connectivity index (χ0n) is 11.1. The lowest BCUT2D eigenvalue weighted by Crippen LogP contribution is -2.42. The van der Waals surface area contributed by atoms with E-state index in [1.807, 2.05) is 23.7 Å². The van der Waals surface area contributed by atoms with Crippen LogP contribution in [0.15, 0.2) is 0 Å². The van der Waals surface area contributed by atoms with Crippen LogP contribution in [0.25, 0.3) is 0 Å². The molecule has 1 heterocycles. The van der Waals surface area contributed by atoms with Gasteiger partial charge in [0.15, 0.2) is 0 Å². The highest BCUT2D eigenvalue weighted by Gasteiger charge is 2.19. The third-order valence-corrected chi connectivity index (χ3v) is 4.01. The normalized spacial score (nSPS) is 22.2. The summed E-state index contributed by atoms with van der Waals surface area (Å²) in [4.78, 5) is 13.8. The van der Waals surface area contributed by atoms with E-state index >= 15 is 0 Å². The number of nitrogens with zero attached hydrogens (tertiary/aromatic N) is 1. The van der Waals surface area contributed by atoms with Gasteiger partial charge in [-0.3, -0.25) is 4.79 Å². The fourth-order valence-electron chi connectivity index (χ4n) is 2.02. The minimum atomic E-state index is 0.230. The van der Waals surface area contributed by atoms with E-state index in [2.05, 4.69) is 12.2 Å². The van der Waals surface area contributed by atoms with Crippen molar-refractivity contribution in [2.45, 2.75) is 19.4 Å². The van der Waals surface area contributed by atoms with Gasteiger partial charge in [-0.15, -0.1) is 0 Å². The molecule has 5 heteroatoms. The van der Waals surface area contributed by atoms with E-state index in [9.17, 15) is 4.79 Å². The molecule has 2 atom stereocenters. The molecule has 0 bridgehead atoms.